The largest absolute Gasteiger partial charge is 0.372 e. The fourth-order valence-corrected chi connectivity index (χ4v) is 1.04. The summed E-state index contributed by atoms with van der Waals surface area (Å²) in [6, 6.07) is 0. The van der Waals surface area contributed by atoms with Crippen molar-refractivity contribution in [2.45, 2.75) is 40.2 Å². The van der Waals surface area contributed by atoms with Crippen molar-refractivity contribution in [2.75, 3.05) is 26.2 Å². The molecule has 0 bridgehead atoms. The average Bonchev–Trinajstić information content (AvgIpc) is 2.09. The second-order valence-electron chi connectivity index (χ2n) is 4.46. The predicted octanol–water partition coefficient (Wildman–Crippen LogP) is 1.74. The van der Waals surface area contributed by atoms with Crippen molar-refractivity contribution >= 4 is 6.34 Å². The molecule has 0 heterocycles. The Morgan fingerprint density at radius 3 is 2.21 bits per heavy atom. The normalized spacial score (nSPS) is 12.7. The molecular weight excluding hydrogens is 174 g/mol. The van der Waals surface area contributed by atoms with Gasteiger partial charge < -0.3 is 10.2 Å². The van der Waals surface area contributed by atoms with Gasteiger partial charge in [0.1, 0.15) is 0 Å². The van der Waals surface area contributed by atoms with Crippen molar-refractivity contribution in [1.82, 2.24) is 10.2 Å². The number of rotatable bonds is 6. The zero-order chi connectivity index (χ0) is 11.0. The first-order chi connectivity index (χ1) is 6.49. The molecule has 0 spiro atoms. The number of nitrogens with one attached hydrogen (secondary N) is 1. The van der Waals surface area contributed by atoms with Crippen molar-refractivity contribution in [3.63, 3.8) is 0 Å². The van der Waals surface area contributed by atoms with Gasteiger partial charge in [-0.05, 0) is 33.9 Å². The molecule has 0 rings (SSSR count). The molecule has 0 saturated carbocycles. The standard InChI is InChI=1S/C11H25N3/c1-6-14(7-2)9-8-12-10-13-11(3,4)5/h10H,6-9H2,1-5H3,(H,12,13). The molecule has 0 aliphatic carbocycles. The van der Waals surface area contributed by atoms with Crippen molar-refractivity contribution in [3.05, 3.63) is 0 Å². The topological polar surface area (TPSA) is 27.6 Å². The lowest BCUT2D eigenvalue weighted by atomic mass is 10.1. The molecule has 0 radical (unpaired) electrons. The molecule has 3 heteroatoms. The van der Waals surface area contributed by atoms with Crippen LogP contribution in [0.3, 0.4) is 0 Å². The minimum Gasteiger partial charge on any atom is -0.372 e. The van der Waals surface area contributed by atoms with E-state index >= 15 is 0 Å². The van der Waals surface area contributed by atoms with E-state index in [1.807, 2.05) is 6.34 Å². The number of nitrogens with zero attached hydrogens (tertiary/aromatic N) is 2. The van der Waals surface area contributed by atoms with Crippen LogP contribution in [0.25, 0.3) is 0 Å². The van der Waals surface area contributed by atoms with E-state index < -0.39 is 0 Å². The van der Waals surface area contributed by atoms with E-state index in [2.05, 4.69) is 49.8 Å². The Hall–Kier alpha value is -0.570. The molecule has 0 amide bonds. The molecule has 14 heavy (non-hydrogen) atoms. The molecule has 0 unspecified atom stereocenters. The maximum Gasteiger partial charge on any atom is 0.0828 e. The van der Waals surface area contributed by atoms with Gasteiger partial charge in [0, 0.05) is 12.1 Å². The highest BCUT2D eigenvalue weighted by molar-refractivity contribution is 5.55. The maximum absolute atomic E-state index is 4.31. The van der Waals surface area contributed by atoms with Gasteiger partial charge in [-0.1, -0.05) is 13.8 Å². The Kier molecular flexibility index (Phi) is 6.54. The summed E-state index contributed by atoms with van der Waals surface area (Å²) in [4.78, 5) is 6.68. The molecule has 0 aromatic rings. The Labute approximate surface area is 88.6 Å². The summed E-state index contributed by atoms with van der Waals surface area (Å²) < 4.78 is 0. The summed E-state index contributed by atoms with van der Waals surface area (Å²) in [5, 5.41) is 3.22. The molecule has 0 saturated heterocycles. The van der Waals surface area contributed by atoms with Crippen LogP contribution in [0.1, 0.15) is 34.6 Å². The van der Waals surface area contributed by atoms with E-state index in [-0.39, 0.29) is 5.54 Å². The average molecular weight is 199 g/mol. The first-order valence-electron chi connectivity index (χ1n) is 5.48. The lowest BCUT2D eigenvalue weighted by molar-refractivity contribution is 0.313. The fraction of sp³-hybridized carbons (Fsp3) is 0.909. The predicted molar refractivity (Wildman–Crippen MR) is 64.0 cm³/mol. The summed E-state index contributed by atoms with van der Waals surface area (Å²) in [5.41, 5.74) is 0.124. The van der Waals surface area contributed by atoms with Gasteiger partial charge >= 0.3 is 0 Å². The third-order valence-electron chi connectivity index (χ3n) is 2.03. The summed E-state index contributed by atoms with van der Waals surface area (Å²) in [6.07, 6.45) is 1.82. The van der Waals surface area contributed by atoms with E-state index in [4.69, 9.17) is 0 Å². The van der Waals surface area contributed by atoms with Crippen molar-refractivity contribution in [1.29, 1.82) is 0 Å². The van der Waals surface area contributed by atoms with Crippen LogP contribution in [0.2, 0.25) is 0 Å². The minimum absolute atomic E-state index is 0.124. The van der Waals surface area contributed by atoms with Crippen LogP contribution in [0.4, 0.5) is 0 Å². The van der Waals surface area contributed by atoms with Crippen LogP contribution in [0.5, 0.6) is 0 Å². The lowest BCUT2D eigenvalue weighted by Gasteiger charge is -2.18. The number of likely N-dealkylation sites (N-methyl/N-ethyl adjacent to an activating group) is 1. The van der Waals surface area contributed by atoms with E-state index in [1.54, 1.807) is 0 Å². The molecule has 0 aliphatic heterocycles. The van der Waals surface area contributed by atoms with Gasteiger partial charge in [-0.2, -0.15) is 0 Å². The quantitative estimate of drug-likeness (QED) is 0.521. The summed E-state index contributed by atoms with van der Waals surface area (Å²) >= 11 is 0. The maximum atomic E-state index is 4.31. The SMILES string of the molecule is CCN(CC)CCN=CNC(C)(C)C. The Morgan fingerprint density at radius 2 is 1.79 bits per heavy atom. The first kappa shape index (κ1) is 13.4. The van der Waals surface area contributed by atoms with Gasteiger partial charge in [0.25, 0.3) is 0 Å². The Morgan fingerprint density at radius 1 is 1.21 bits per heavy atom. The minimum atomic E-state index is 0.124. The highest BCUT2D eigenvalue weighted by atomic mass is 15.1. The van der Waals surface area contributed by atoms with Gasteiger partial charge in [0.15, 0.2) is 0 Å². The molecule has 0 atom stereocenters. The second-order valence-corrected chi connectivity index (χ2v) is 4.46. The monoisotopic (exact) mass is 199 g/mol. The molecular formula is C11H25N3. The zero-order valence-corrected chi connectivity index (χ0v) is 10.3. The molecule has 0 aromatic carbocycles. The van der Waals surface area contributed by atoms with Crippen LogP contribution in [0, 0.1) is 0 Å². The summed E-state index contributed by atoms with van der Waals surface area (Å²) in [5.74, 6) is 0. The highest BCUT2D eigenvalue weighted by Gasteiger charge is 2.04. The van der Waals surface area contributed by atoms with Gasteiger partial charge in [-0.15, -0.1) is 0 Å². The third kappa shape index (κ3) is 8.05. The van der Waals surface area contributed by atoms with Crippen molar-refractivity contribution in [3.8, 4) is 0 Å². The van der Waals surface area contributed by atoms with Gasteiger partial charge in [0.05, 0.1) is 12.9 Å². The van der Waals surface area contributed by atoms with Crippen LogP contribution in [-0.4, -0.2) is 43.0 Å². The zero-order valence-electron chi connectivity index (χ0n) is 10.3. The van der Waals surface area contributed by atoms with Gasteiger partial charge in [-0.3, -0.25) is 4.99 Å². The molecule has 0 aromatic heterocycles. The van der Waals surface area contributed by atoms with E-state index in [0.717, 1.165) is 26.2 Å². The first-order valence-corrected chi connectivity index (χ1v) is 5.48. The van der Waals surface area contributed by atoms with Crippen LogP contribution in [0.15, 0.2) is 4.99 Å². The number of aliphatic imine (C=N–C) groups is 1. The lowest BCUT2D eigenvalue weighted by Crippen LogP contribution is -2.34. The second kappa shape index (κ2) is 6.82. The molecule has 84 valence electrons. The number of hydrogen-bond acceptors (Lipinski definition) is 2. The van der Waals surface area contributed by atoms with Gasteiger partial charge in [-0.25, -0.2) is 0 Å². The smallest absolute Gasteiger partial charge is 0.0828 e. The number of hydrogen-bond donors (Lipinski definition) is 1. The third-order valence-corrected chi connectivity index (χ3v) is 2.03. The van der Waals surface area contributed by atoms with E-state index in [1.165, 1.54) is 0 Å². The molecule has 3 nitrogen and oxygen atoms in total. The van der Waals surface area contributed by atoms with Crippen molar-refractivity contribution < 1.29 is 0 Å². The Bertz CT molecular complexity index is 154. The fourth-order valence-electron chi connectivity index (χ4n) is 1.04. The van der Waals surface area contributed by atoms with Crippen LogP contribution >= 0.6 is 0 Å². The van der Waals surface area contributed by atoms with Crippen LogP contribution < -0.4 is 5.32 Å². The van der Waals surface area contributed by atoms with Crippen molar-refractivity contribution in [2.24, 2.45) is 4.99 Å². The molecule has 0 fully saturated rings. The summed E-state index contributed by atoms with van der Waals surface area (Å²) in [7, 11) is 0. The Balaban J connectivity index is 3.53. The van der Waals surface area contributed by atoms with Gasteiger partial charge in [0.2, 0.25) is 0 Å². The van der Waals surface area contributed by atoms with Crippen LogP contribution in [-0.2, 0) is 0 Å². The highest BCUT2D eigenvalue weighted by Crippen LogP contribution is 1.95. The molecule has 1 N–H and O–H groups in total. The molecule has 0 aliphatic rings. The van der Waals surface area contributed by atoms with E-state index in [9.17, 15) is 0 Å². The van der Waals surface area contributed by atoms with E-state index in [0.29, 0.717) is 0 Å². The summed E-state index contributed by atoms with van der Waals surface area (Å²) in [6.45, 7) is 14.9.